The Morgan fingerprint density at radius 2 is 2.00 bits per heavy atom. The van der Waals surface area contributed by atoms with Crippen molar-refractivity contribution in [3.05, 3.63) is 71.5 Å². The van der Waals surface area contributed by atoms with Gasteiger partial charge in [0.15, 0.2) is 0 Å². The average Bonchev–Trinajstić information content (AvgIpc) is 3.23. The fourth-order valence-corrected chi connectivity index (χ4v) is 2.68. The summed E-state index contributed by atoms with van der Waals surface area (Å²) in [5.74, 6) is 0.501. The molecule has 0 spiro atoms. The van der Waals surface area contributed by atoms with Crippen molar-refractivity contribution in [2.24, 2.45) is 0 Å². The van der Waals surface area contributed by atoms with E-state index in [1.54, 1.807) is 35.1 Å². The van der Waals surface area contributed by atoms with E-state index < -0.39 is 6.09 Å². The molecule has 3 rings (SSSR count). The number of rotatable bonds is 6. The minimum Gasteiger partial charge on any atom is -0.487 e. The molecule has 0 fully saturated rings. The Morgan fingerprint density at radius 3 is 2.70 bits per heavy atom. The van der Waals surface area contributed by atoms with Gasteiger partial charge in [-0.1, -0.05) is 29.8 Å². The van der Waals surface area contributed by atoms with Crippen molar-refractivity contribution in [2.75, 3.05) is 19.3 Å². The third-order valence-electron chi connectivity index (χ3n) is 3.80. The SMILES string of the molecule is COC(=O)N(OC)c1ccccc1COc1cc(-n2cccn2)ccc1Cl. The lowest BCUT2D eigenvalue weighted by atomic mass is 10.2. The van der Waals surface area contributed by atoms with Crippen molar-refractivity contribution in [2.45, 2.75) is 6.61 Å². The van der Waals surface area contributed by atoms with Gasteiger partial charge in [0.25, 0.3) is 0 Å². The first-order valence-corrected chi connectivity index (χ1v) is 8.44. The molecule has 8 heteroatoms. The number of hydrogen-bond donors (Lipinski definition) is 0. The van der Waals surface area contributed by atoms with Crippen LogP contribution >= 0.6 is 11.6 Å². The summed E-state index contributed by atoms with van der Waals surface area (Å²) in [6, 6.07) is 14.4. The Kier molecular flexibility index (Phi) is 5.95. The van der Waals surface area contributed by atoms with Crippen molar-refractivity contribution in [1.29, 1.82) is 0 Å². The van der Waals surface area contributed by atoms with E-state index in [4.69, 9.17) is 25.9 Å². The highest BCUT2D eigenvalue weighted by molar-refractivity contribution is 6.32. The van der Waals surface area contributed by atoms with Gasteiger partial charge in [-0.3, -0.25) is 4.84 Å². The van der Waals surface area contributed by atoms with Crippen molar-refractivity contribution in [3.63, 3.8) is 0 Å². The van der Waals surface area contributed by atoms with Crippen molar-refractivity contribution in [3.8, 4) is 11.4 Å². The number of carbonyl (C=O) groups is 1. The Balaban J connectivity index is 1.83. The van der Waals surface area contributed by atoms with Crippen LogP contribution in [0.3, 0.4) is 0 Å². The summed E-state index contributed by atoms with van der Waals surface area (Å²) in [6.45, 7) is 0.176. The maximum atomic E-state index is 11.9. The van der Waals surface area contributed by atoms with E-state index in [0.29, 0.717) is 16.5 Å². The molecule has 1 aromatic heterocycles. The number of carbonyl (C=O) groups excluding carboxylic acids is 1. The summed E-state index contributed by atoms with van der Waals surface area (Å²) in [5, 5.41) is 5.72. The zero-order chi connectivity index (χ0) is 19.2. The van der Waals surface area contributed by atoms with E-state index in [2.05, 4.69) is 5.10 Å². The number of ether oxygens (including phenoxy) is 2. The second-order valence-electron chi connectivity index (χ2n) is 5.43. The zero-order valence-corrected chi connectivity index (χ0v) is 15.6. The van der Waals surface area contributed by atoms with Gasteiger partial charge in [0.1, 0.15) is 12.4 Å². The first-order valence-electron chi connectivity index (χ1n) is 8.06. The van der Waals surface area contributed by atoms with Gasteiger partial charge in [-0.2, -0.15) is 10.2 Å². The number of hydrogen-bond acceptors (Lipinski definition) is 5. The molecule has 0 atom stereocenters. The molecule has 0 radical (unpaired) electrons. The number of amides is 1. The third kappa shape index (κ3) is 4.21. The largest absolute Gasteiger partial charge is 0.487 e. The van der Waals surface area contributed by atoms with Crippen LogP contribution in [0, 0.1) is 0 Å². The highest BCUT2D eigenvalue weighted by atomic mass is 35.5. The van der Waals surface area contributed by atoms with Gasteiger partial charge in [-0.25, -0.2) is 9.48 Å². The normalized spacial score (nSPS) is 10.5. The molecule has 0 aliphatic carbocycles. The number of benzene rings is 2. The average molecular weight is 388 g/mol. The minimum absolute atomic E-state index is 0.176. The monoisotopic (exact) mass is 387 g/mol. The molecule has 0 aliphatic heterocycles. The van der Waals surface area contributed by atoms with Gasteiger partial charge in [0.05, 0.1) is 30.6 Å². The van der Waals surface area contributed by atoms with Crippen molar-refractivity contribution in [1.82, 2.24) is 9.78 Å². The smallest absolute Gasteiger partial charge is 0.438 e. The molecule has 1 heterocycles. The number of halogens is 1. The van der Waals surface area contributed by atoms with Gasteiger partial charge in [-0.05, 0) is 24.3 Å². The topological polar surface area (TPSA) is 65.8 Å². The molecule has 2 aromatic carbocycles. The number of aromatic nitrogens is 2. The molecule has 27 heavy (non-hydrogen) atoms. The highest BCUT2D eigenvalue weighted by Crippen LogP contribution is 2.29. The third-order valence-corrected chi connectivity index (χ3v) is 4.11. The van der Waals surface area contributed by atoms with Gasteiger partial charge in [0, 0.05) is 24.0 Å². The maximum Gasteiger partial charge on any atom is 0.438 e. The van der Waals surface area contributed by atoms with Crippen LogP contribution < -0.4 is 9.80 Å². The van der Waals surface area contributed by atoms with Crippen molar-refractivity contribution < 1.29 is 19.1 Å². The fraction of sp³-hybridized carbons (Fsp3) is 0.158. The van der Waals surface area contributed by atoms with Crippen LogP contribution in [0.25, 0.3) is 5.69 Å². The highest BCUT2D eigenvalue weighted by Gasteiger charge is 2.19. The summed E-state index contributed by atoms with van der Waals surface area (Å²) in [7, 11) is 2.67. The quantitative estimate of drug-likeness (QED) is 0.592. The Morgan fingerprint density at radius 1 is 1.19 bits per heavy atom. The number of hydroxylamine groups is 1. The molecular formula is C19H18ClN3O4. The van der Waals surface area contributed by atoms with E-state index in [-0.39, 0.29) is 6.61 Å². The van der Waals surface area contributed by atoms with Crippen LogP contribution in [0.2, 0.25) is 5.02 Å². The Labute approximate surface area is 161 Å². The zero-order valence-electron chi connectivity index (χ0n) is 14.8. The second kappa shape index (κ2) is 8.57. The van der Waals surface area contributed by atoms with Crippen LogP contribution in [0.5, 0.6) is 5.75 Å². The summed E-state index contributed by atoms with van der Waals surface area (Å²) in [6.07, 6.45) is 2.89. The summed E-state index contributed by atoms with van der Waals surface area (Å²) in [5.41, 5.74) is 2.07. The molecule has 3 aromatic rings. The number of nitrogens with zero attached hydrogens (tertiary/aromatic N) is 3. The summed E-state index contributed by atoms with van der Waals surface area (Å²) >= 11 is 6.26. The van der Waals surface area contributed by atoms with E-state index in [0.717, 1.165) is 16.3 Å². The first-order chi connectivity index (χ1) is 13.1. The van der Waals surface area contributed by atoms with Crippen LogP contribution in [-0.4, -0.2) is 30.1 Å². The Hall–Kier alpha value is -3.03. The Bertz CT molecular complexity index is 915. The molecular weight excluding hydrogens is 370 g/mol. The summed E-state index contributed by atoms with van der Waals surface area (Å²) in [4.78, 5) is 17.0. The van der Waals surface area contributed by atoms with Crippen LogP contribution in [0.15, 0.2) is 60.9 Å². The predicted molar refractivity (Wildman–Crippen MR) is 101 cm³/mol. The number of methoxy groups -OCH3 is 1. The van der Waals surface area contributed by atoms with Crippen LogP contribution in [0.4, 0.5) is 10.5 Å². The van der Waals surface area contributed by atoms with Gasteiger partial charge < -0.3 is 9.47 Å². The van der Waals surface area contributed by atoms with Crippen LogP contribution in [0.1, 0.15) is 5.56 Å². The lowest BCUT2D eigenvalue weighted by molar-refractivity contribution is 0.115. The molecule has 0 saturated heterocycles. The van der Waals surface area contributed by atoms with Crippen molar-refractivity contribution >= 4 is 23.4 Å². The molecule has 0 aliphatic rings. The number of para-hydroxylation sites is 1. The molecule has 0 unspecified atom stereocenters. The molecule has 7 nitrogen and oxygen atoms in total. The maximum absolute atomic E-state index is 11.9. The van der Waals surface area contributed by atoms with Gasteiger partial charge in [-0.15, -0.1) is 0 Å². The summed E-state index contributed by atoms with van der Waals surface area (Å²) < 4.78 is 12.4. The fourth-order valence-electron chi connectivity index (χ4n) is 2.51. The second-order valence-corrected chi connectivity index (χ2v) is 5.84. The van der Waals surface area contributed by atoms with E-state index in [9.17, 15) is 4.79 Å². The minimum atomic E-state index is -0.635. The van der Waals surface area contributed by atoms with Gasteiger partial charge in [0.2, 0.25) is 0 Å². The molecule has 0 bridgehead atoms. The van der Waals surface area contributed by atoms with Crippen LogP contribution in [-0.2, 0) is 16.2 Å². The molecule has 0 saturated carbocycles. The lowest BCUT2D eigenvalue weighted by Crippen LogP contribution is -2.30. The van der Waals surface area contributed by atoms with Gasteiger partial charge >= 0.3 is 6.09 Å². The predicted octanol–water partition coefficient (Wildman–Crippen LogP) is 4.24. The standard InChI is InChI=1S/C19H18ClN3O4/c1-25-19(24)23(26-2)17-7-4-3-6-14(17)13-27-18-12-15(8-9-16(18)20)22-11-5-10-21-22/h3-12H,13H2,1-2H3. The molecule has 0 N–H and O–H groups in total. The van der Waals surface area contributed by atoms with E-state index >= 15 is 0 Å². The van der Waals surface area contributed by atoms with E-state index in [1.165, 1.54) is 14.2 Å². The lowest BCUT2D eigenvalue weighted by Gasteiger charge is -2.21. The van der Waals surface area contributed by atoms with E-state index in [1.807, 2.05) is 30.5 Å². The molecule has 1 amide bonds. The number of anilines is 1. The molecule has 140 valence electrons. The first kappa shape index (κ1) is 18.8.